The van der Waals surface area contributed by atoms with Crippen molar-refractivity contribution >= 4 is 18.3 Å². The predicted octanol–water partition coefficient (Wildman–Crippen LogP) is 1.15. The van der Waals surface area contributed by atoms with Crippen LogP contribution in [0.1, 0.15) is 5.56 Å². The van der Waals surface area contributed by atoms with E-state index in [0.717, 1.165) is 17.0 Å². The second-order valence-corrected chi connectivity index (χ2v) is 4.76. The molecule has 0 bridgehead atoms. The van der Waals surface area contributed by atoms with Gasteiger partial charge in [-0.15, -0.1) is 0 Å². The molecule has 0 spiro atoms. The van der Waals surface area contributed by atoms with Gasteiger partial charge < -0.3 is 19.7 Å². The fourth-order valence-corrected chi connectivity index (χ4v) is 2.19. The van der Waals surface area contributed by atoms with Crippen molar-refractivity contribution in [2.45, 2.75) is 6.54 Å². The molecule has 0 aliphatic rings. The maximum Gasteiger partial charge on any atom is 0.491 e. The number of nitrogens with zero attached hydrogens (tertiary/aromatic N) is 1. The lowest BCUT2D eigenvalue weighted by Gasteiger charge is -2.22. The van der Waals surface area contributed by atoms with Crippen molar-refractivity contribution in [2.24, 2.45) is 0 Å². The second-order valence-electron chi connectivity index (χ2n) is 4.76. The molecule has 4 nitrogen and oxygen atoms in total. The highest BCUT2D eigenvalue weighted by Gasteiger charge is 2.17. The molecule has 0 saturated heterocycles. The van der Waals surface area contributed by atoms with E-state index in [1.807, 2.05) is 36.2 Å². The van der Waals surface area contributed by atoms with Gasteiger partial charge in [-0.05, 0) is 23.8 Å². The summed E-state index contributed by atoms with van der Waals surface area (Å²) < 4.78 is 18.7. The Morgan fingerprint density at radius 3 is 2.57 bits per heavy atom. The quantitative estimate of drug-likeness (QED) is 0.811. The predicted molar refractivity (Wildman–Crippen MR) is 81.3 cm³/mol. The Labute approximate surface area is 123 Å². The molecule has 2 N–H and O–H groups in total. The molecule has 2 aromatic carbocycles. The first-order valence-electron chi connectivity index (χ1n) is 6.51. The van der Waals surface area contributed by atoms with Gasteiger partial charge in [-0.2, -0.15) is 0 Å². The highest BCUT2D eigenvalue weighted by atomic mass is 19.1. The lowest BCUT2D eigenvalue weighted by molar-refractivity contribution is 0.414. The molecular weight excluding hydrogens is 272 g/mol. The minimum absolute atomic E-state index is 0.124. The summed E-state index contributed by atoms with van der Waals surface area (Å²) in [7, 11) is 1.67. The van der Waals surface area contributed by atoms with Crippen LogP contribution in [0, 0.1) is 5.82 Å². The van der Waals surface area contributed by atoms with Crippen LogP contribution in [0.5, 0.6) is 5.75 Å². The van der Waals surface area contributed by atoms with E-state index in [4.69, 9.17) is 14.8 Å². The molecule has 0 heterocycles. The zero-order chi connectivity index (χ0) is 15.4. The highest BCUT2D eigenvalue weighted by Crippen LogP contribution is 2.27. The van der Waals surface area contributed by atoms with Crippen molar-refractivity contribution in [1.29, 1.82) is 0 Å². The van der Waals surface area contributed by atoms with Gasteiger partial charge in [-0.25, -0.2) is 4.39 Å². The summed E-state index contributed by atoms with van der Waals surface area (Å²) in [5, 5.41) is 18.3. The molecule has 6 heteroatoms. The van der Waals surface area contributed by atoms with Crippen LogP contribution in [0.15, 0.2) is 42.5 Å². The normalized spacial score (nSPS) is 10.3. The second kappa shape index (κ2) is 6.60. The molecule has 0 aliphatic carbocycles. The zero-order valence-electron chi connectivity index (χ0n) is 12.0. The van der Waals surface area contributed by atoms with Crippen LogP contribution in [0.4, 0.5) is 10.1 Å². The van der Waals surface area contributed by atoms with E-state index < -0.39 is 12.9 Å². The van der Waals surface area contributed by atoms with Gasteiger partial charge in [0, 0.05) is 19.1 Å². The Bertz CT molecular complexity index is 622. The molecule has 0 radical (unpaired) electrons. The third-order valence-corrected chi connectivity index (χ3v) is 3.25. The molecular formula is C15H17BFNO3. The van der Waals surface area contributed by atoms with Crippen molar-refractivity contribution < 1.29 is 19.2 Å². The molecule has 0 aromatic heterocycles. The van der Waals surface area contributed by atoms with Gasteiger partial charge in [-0.1, -0.05) is 24.3 Å². The van der Waals surface area contributed by atoms with Gasteiger partial charge in [0.2, 0.25) is 0 Å². The van der Waals surface area contributed by atoms with Crippen LogP contribution >= 0.6 is 0 Å². The standard InChI is InChI=1S/C15H17BFNO3/c1-18(14-5-3-4-6-15(14)21-2)10-11-7-8-13(17)12(9-11)16(19)20/h3-9,19-20H,10H2,1-2H3. The van der Waals surface area contributed by atoms with Gasteiger partial charge >= 0.3 is 7.12 Å². The number of hydrogen-bond donors (Lipinski definition) is 2. The molecule has 0 aliphatic heterocycles. The largest absolute Gasteiger partial charge is 0.495 e. The van der Waals surface area contributed by atoms with Gasteiger partial charge in [0.25, 0.3) is 0 Å². The zero-order valence-corrected chi connectivity index (χ0v) is 12.0. The van der Waals surface area contributed by atoms with E-state index >= 15 is 0 Å². The molecule has 110 valence electrons. The van der Waals surface area contributed by atoms with Crippen LogP contribution in [0.3, 0.4) is 0 Å². The van der Waals surface area contributed by atoms with E-state index in [1.54, 1.807) is 13.2 Å². The van der Waals surface area contributed by atoms with Crippen molar-refractivity contribution in [1.82, 2.24) is 0 Å². The number of hydrogen-bond acceptors (Lipinski definition) is 4. The Morgan fingerprint density at radius 2 is 1.90 bits per heavy atom. The lowest BCUT2D eigenvalue weighted by Crippen LogP contribution is -2.33. The van der Waals surface area contributed by atoms with Crippen LogP contribution in [-0.2, 0) is 6.54 Å². The number of methoxy groups -OCH3 is 1. The van der Waals surface area contributed by atoms with Crippen LogP contribution in [-0.4, -0.2) is 31.3 Å². The molecule has 0 atom stereocenters. The smallest absolute Gasteiger partial charge is 0.491 e. The molecule has 2 rings (SSSR count). The Morgan fingerprint density at radius 1 is 1.19 bits per heavy atom. The number of benzene rings is 2. The average Bonchev–Trinajstić information content (AvgIpc) is 2.48. The fraction of sp³-hybridized carbons (Fsp3) is 0.200. The first kappa shape index (κ1) is 15.3. The summed E-state index contributed by atoms with van der Waals surface area (Å²) in [6.07, 6.45) is 0. The first-order valence-corrected chi connectivity index (χ1v) is 6.51. The van der Waals surface area contributed by atoms with E-state index in [0.29, 0.717) is 6.54 Å². The maximum atomic E-state index is 13.4. The first-order chi connectivity index (χ1) is 10.0. The monoisotopic (exact) mass is 289 g/mol. The van der Waals surface area contributed by atoms with Gasteiger partial charge in [0.05, 0.1) is 12.8 Å². The van der Waals surface area contributed by atoms with E-state index in [9.17, 15) is 4.39 Å². The topological polar surface area (TPSA) is 52.9 Å². The molecule has 0 amide bonds. The third kappa shape index (κ3) is 3.54. The molecule has 0 unspecified atom stereocenters. The van der Waals surface area contributed by atoms with Crippen LogP contribution in [0.25, 0.3) is 0 Å². The Hall–Kier alpha value is -2.05. The van der Waals surface area contributed by atoms with E-state index in [1.165, 1.54) is 12.1 Å². The summed E-state index contributed by atoms with van der Waals surface area (Å²) in [5.74, 6) is 0.109. The summed E-state index contributed by atoms with van der Waals surface area (Å²) in [6, 6.07) is 11.9. The van der Waals surface area contributed by atoms with Crippen molar-refractivity contribution in [3.05, 3.63) is 53.8 Å². The fourth-order valence-electron chi connectivity index (χ4n) is 2.19. The molecule has 21 heavy (non-hydrogen) atoms. The van der Waals surface area contributed by atoms with E-state index in [2.05, 4.69) is 0 Å². The number of para-hydroxylation sites is 2. The summed E-state index contributed by atoms with van der Waals surface area (Å²) in [6.45, 7) is 0.486. The number of halogens is 1. The SMILES string of the molecule is COc1ccccc1N(C)Cc1ccc(F)c(B(O)O)c1. The van der Waals surface area contributed by atoms with Crippen LogP contribution in [0.2, 0.25) is 0 Å². The summed E-state index contributed by atoms with van der Waals surface area (Å²) in [4.78, 5) is 1.94. The number of rotatable bonds is 5. The minimum atomic E-state index is -1.82. The highest BCUT2D eigenvalue weighted by molar-refractivity contribution is 6.58. The summed E-state index contributed by atoms with van der Waals surface area (Å²) in [5.41, 5.74) is 1.55. The maximum absolute atomic E-state index is 13.4. The van der Waals surface area contributed by atoms with Crippen LogP contribution < -0.4 is 15.1 Å². The molecule has 0 saturated carbocycles. The molecule has 0 fully saturated rings. The van der Waals surface area contributed by atoms with Gasteiger partial charge in [0.15, 0.2) is 0 Å². The molecule has 2 aromatic rings. The van der Waals surface area contributed by atoms with Gasteiger partial charge in [-0.3, -0.25) is 0 Å². The van der Waals surface area contributed by atoms with Crippen molar-refractivity contribution in [2.75, 3.05) is 19.1 Å². The van der Waals surface area contributed by atoms with E-state index in [-0.39, 0.29) is 5.46 Å². The summed E-state index contributed by atoms with van der Waals surface area (Å²) >= 11 is 0. The lowest BCUT2D eigenvalue weighted by atomic mass is 9.79. The average molecular weight is 289 g/mol. The van der Waals surface area contributed by atoms with Gasteiger partial charge in [0.1, 0.15) is 11.6 Å². The number of anilines is 1. The Kier molecular flexibility index (Phi) is 4.83. The van der Waals surface area contributed by atoms with Crippen molar-refractivity contribution in [3.8, 4) is 5.75 Å². The van der Waals surface area contributed by atoms with Crippen molar-refractivity contribution in [3.63, 3.8) is 0 Å². The third-order valence-electron chi connectivity index (χ3n) is 3.25. The number of ether oxygens (including phenoxy) is 1. The minimum Gasteiger partial charge on any atom is -0.495 e. The Balaban J connectivity index is 2.23.